The second-order valence-corrected chi connectivity index (χ2v) is 4.51. The van der Waals surface area contributed by atoms with Gasteiger partial charge < -0.3 is 14.6 Å². The van der Waals surface area contributed by atoms with Crippen LogP contribution in [0.2, 0.25) is 0 Å². The minimum Gasteiger partial charge on any atom is -0.469 e. The molecule has 2 heterocycles. The third-order valence-electron chi connectivity index (χ3n) is 3.04. The number of hydrogen-bond donors (Lipinski definition) is 1. The first-order valence-electron chi connectivity index (χ1n) is 5.68. The number of furan rings is 1. The second-order valence-electron chi connectivity index (χ2n) is 4.51. The average molecular weight is 222 g/mol. The lowest BCUT2D eigenvalue weighted by atomic mass is 10.1. The van der Waals surface area contributed by atoms with Crippen LogP contribution in [0.5, 0.6) is 0 Å². The van der Waals surface area contributed by atoms with Crippen molar-refractivity contribution in [1.82, 2.24) is 10.2 Å². The molecular formula is C12H18N2O2. The summed E-state index contributed by atoms with van der Waals surface area (Å²) in [6, 6.07) is 2.25. The summed E-state index contributed by atoms with van der Waals surface area (Å²) in [6.45, 7) is 7.68. The molecule has 1 saturated heterocycles. The summed E-state index contributed by atoms with van der Waals surface area (Å²) in [4.78, 5) is 14.2. The van der Waals surface area contributed by atoms with E-state index in [4.69, 9.17) is 4.42 Å². The number of aryl methyl sites for hydroxylation is 1. The van der Waals surface area contributed by atoms with Crippen LogP contribution < -0.4 is 5.32 Å². The smallest absolute Gasteiger partial charge is 0.257 e. The van der Waals surface area contributed by atoms with E-state index < -0.39 is 0 Å². The molecule has 4 heteroatoms. The SMILES string of the molecule is Cc1cc(C(=O)N2C(C)CNCC2C)co1. The number of rotatable bonds is 1. The number of carbonyl (C=O) groups excluding carboxylic acids is 1. The topological polar surface area (TPSA) is 45.5 Å². The van der Waals surface area contributed by atoms with Crippen LogP contribution in [-0.4, -0.2) is 36.0 Å². The molecule has 88 valence electrons. The molecule has 0 aromatic carbocycles. The Balaban J connectivity index is 2.19. The zero-order valence-electron chi connectivity index (χ0n) is 9.99. The average Bonchev–Trinajstić information content (AvgIpc) is 2.64. The first kappa shape index (κ1) is 11.2. The summed E-state index contributed by atoms with van der Waals surface area (Å²) in [7, 11) is 0. The fourth-order valence-corrected chi connectivity index (χ4v) is 2.24. The monoisotopic (exact) mass is 222 g/mol. The molecule has 0 aliphatic carbocycles. The van der Waals surface area contributed by atoms with E-state index in [1.54, 1.807) is 12.3 Å². The highest BCUT2D eigenvalue weighted by atomic mass is 16.3. The second kappa shape index (κ2) is 4.29. The number of amides is 1. The summed E-state index contributed by atoms with van der Waals surface area (Å²) in [5.41, 5.74) is 0.651. The first-order chi connectivity index (χ1) is 7.59. The van der Waals surface area contributed by atoms with E-state index in [0.29, 0.717) is 5.56 Å². The lowest BCUT2D eigenvalue weighted by Crippen LogP contribution is -2.57. The van der Waals surface area contributed by atoms with Crippen LogP contribution in [0.25, 0.3) is 0 Å². The molecule has 4 nitrogen and oxygen atoms in total. The third kappa shape index (κ3) is 1.97. The van der Waals surface area contributed by atoms with Gasteiger partial charge in [-0.25, -0.2) is 0 Å². The maximum Gasteiger partial charge on any atom is 0.257 e. The van der Waals surface area contributed by atoms with Gasteiger partial charge >= 0.3 is 0 Å². The van der Waals surface area contributed by atoms with Crippen LogP contribution in [0.15, 0.2) is 16.7 Å². The fraction of sp³-hybridized carbons (Fsp3) is 0.583. The minimum absolute atomic E-state index is 0.0679. The Morgan fingerprint density at radius 2 is 2.06 bits per heavy atom. The zero-order valence-corrected chi connectivity index (χ0v) is 9.99. The summed E-state index contributed by atoms with van der Waals surface area (Å²) in [6.07, 6.45) is 1.54. The largest absolute Gasteiger partial charge is 0.469 e. The van der Waals surface area contributed by atoms with Crippen molar-refractivity contribution >= 4 is 5.91 Å². The highest BCUT2D eigenvalue weighted by Crippen LogP contribution is 2.16. The van der Waals surface area contributed by atoms with E-state index in [1.165, 1.54) is 0 Å². The fourth-order valence-electron chi connectivity index (χ4n) is 2.24. The van der Waals surface area contributed by atoms with Crippen molar-refractivity contribution in [3.05, 3.63) is 23.7 Å². The van der Waals surface area contributed by atoms with Crippen molar-refractivity contribution in [2.24, 2.45) is 0 Å². The maximum atomic E-state index is 12.3. The van der Waals surface area contributed by atoms with E-state index in [0.717, 1.165) is 18.8 Å². The summed E-state index contributed by atoms with van der Waals surface area (Å²) >= 11 is 0. The Labute approximate surface area is 95.6 Å². The number of hydrogen-bond acceptors (Lipinski definition) is 3. The van der Waals surface area contributed by atoms with Crippen LogP contribution >= 0.6 is 0 Å². The van der Waals surface area contributed by atoms with Gasteiger partial charge in [-0.3, -0.25) is 4.79 Å². The van der Waals surface area contributed by atoms with Gasteiger partial charge in [0.15, 0.2) is 0 Å². The lowest BCUT2D eigenvalue weighted by Gasteiger charge is -2.39. The van der Waals surface area contributed by atoms with Gasteiger partial charge in [0.2, 0.25) is 0 Å². The molecule has 2 atom stereocenters. The number of nitrogens with zero attached hydrogens (tertiary/aromatic N) is 1. The van der Waals surface area contributed by atoms with E-state index in [2.05, 4.69) is 19.2 Å². The standard InChI is InChI=1S/C12H18N2O2/c1-8-5-13-6-9(2)14(8)12(15)11-4-10(3)16-7-11/h4,7-9,13H,5-6H2,1-3H3. The van der Waals surface area contributed by atoms with Crippen LogP contribution in [0.4, 0.5) is 0 Å². The Morgan fingerprint density at radius 3 is 2.56 bits per heavy atom. The van der Waals surface area contributed by atoms with Crippen molar-refractivity contribution < 1.29 is 9.21 Å². The lowest BCUT2D eigenvalue weighted by molar-refractivity contribution is 0.0544. The van der Waals surface area contributed by atoms with Gasteiger partial charge in [0, 0.05) is 25.2 Å². The minimum atomic E-state index is 0.0679. The normalized spacial score (nSPS) is 25.8. The maximum absolute atomic E-state index is 12.3. The van der Waals surface area contributed by atoms with Gasteiger partial charge in [-0.1, -0.05) is 0 Å². The molecule has 1 aliphatic rings. The quantitative estimate of drug-likeness (QED) is 0.781. The van der Waals surface area contributed by atoms with Gasteiger partial charge in [-0.05, 0) is 26.8 Å². The molecule has 2 unspecified atom stereocenters. The molecule has 0 bridgehead atoms. The van der Waals surface area contributed by atoms with Crippen LogP contribution in [-0.2, 0) is 0 Å². The molecule has 16 heavy (non-hydrogen) atoms. The number of piperazine rings is 1. The van der Waals surface area contributed by atoms with Crippen LogP contribution in [0.1, 0.15) is 30.0 Å². The Bertz CT molecular complexity index is 376. The molecule has 1 aromatic rings. The predicted molar refractivity (Wildman–Crippen MR) is 61.4 cm³/mol. The molecule has 1 aromatic heterocycles. The van der Waals surface area contributed by atoms with E-state index >= 15 is 0 Å². The van der Waals surface area contributed by atoms with E-state index in [1.807, 2.05) is 11.8 Å². The van der Waals surface area contributed by atoms with Gasteiger partial charge in [-0.15, -0.1) is 0 Å². The number of carbonyl (C=O) groups is 1. The first-order valence-corrected chi connectivity index (χ1v) is 5.68. The van der Waals surface area contributed by atoms with Gasteiger partial charge in [-0.2, -0.15) is 0 Å². The third-order valence-corrected chi connectivity index (χ3v) is 3.04. The van der Waals surface area contributed by atoms with E-state index in [-0.39, 0.29) is 18.0 Å². The molecule has 0 radical (unpaired) electrons. The molecule has 1 N–H and O–H groups in total. The summed E-state index contributed by atoms with van der Waals surface area (Å²) < 4.78 is 5.18. The van der Waals surface area contributed by atoms with Gasteiger partial charge in [0.1, 0.15) is 12.0 Å². The molecule has 1 amide bonds. The molecular weight excluding hydrogens is 204 g/mol. The van der Waals surface area contributed by atoms with Crippen molar-refractivity contribution in [1.29, 1.82) is 0 Å². The summed E-state index contributed by atoms with van der Waals surface area (Å²) in [5, 5.41) is 3.31. The predicted octanol–water partition coefficient (Wildman–Crippen LogP) is 1.41. The zero-order chi connectivity index (χ0) is 11.7. The Morgan fingerprint density at radius 1 is 1.44 bits per heavy atom. The summed E-state index contributed by atoms with van der Waals surface area (Å²) in [5.74, 6) is 0.845. The van der Waals surface area contributed by atoms with Gasteiger partial charge in [0.25, 0.3) is 5.91 Å². The van der Waals surface area contributed by atoms with Gasteiger partial charge in [0.05, 0.1) is 5.56 Å². The van der Waals surface area contributed by atoms with Crippen molar-refractivity contribution in [2.45, 2.75) is 32.9 Å². The van der Waals surface area contributed by atoms with Crippen LogP contribution in [0.3, 0.4) is 0 Å². The number of nitrogens with one attached hydrogen (secondary N) is 1. The molecule has 1 aliphatic heterocycles. The Kier molecular flexibility index (Phi) is 3.01. The highest BCUT2D eigenvalue weighted by molar-refractivity contribution is 5.94. The van der Waals surface area contributed by atoms with Crippen molar-refractivity contribution in [3.63, 3.8) is 0 Å². The van der Waals surface area contributed by atoms with Crippen molar-refractivity contribution in [2.75, 3.05) is 13.1 Å². The van der Waals surface area contributed by atoms with Crippen LogP contribution in [0, 0.1) is 6.92 Å². The van der Waals surface area contributed by atoms with Crippen molar-refractivity contribution in [3.8, 4) is 0 Å². The molecule has 0 spiro atoms. The molecule has 1 fully saturated rings. The molecule has 2 rings (SSSR count). The highest BCUT2D eigenvalue weighted by Gasteiger charge is 2.30. The Hall–Kier alpha value is -1.29. The molecule has 0 saturated carbocycles. The van der Waals surface area contributed by atoms with E-state index in [9.17, 15) is 4.79 Å².